The van der Waals surface area contributed by atoms with Gasteiger partial charge < -0.3 is 0 Å². The molecule has 0 N–H and O–H groups in total. The monoisotopic (exact) mass is 354 g/mol. The van der Waals surface area contributed by atoms with Crippen LogP contribution in [0.25, 0.3) is 0 Å². The Morgan fingerprint density at radius 2 is 1.62 bits per heavy atom. The Bertz CT molecular complexity index is 748. The third kappa shape index (κ3) is 3.45. The number of urea groups is 1. The van der Waals surface area contributed by atoms with Crippen molar-refractivity contribution in [3.63, 3.8) is 0 Å². The lowest BCUT2D eigenvalue weighted by molar-refractivity contribution is -0.142. The number of Topliss-reactive ketones (excluding diaryl/α,β-unsaturated/α-hetero) is 1. The number of hydrogen-bond donors (Lipinski definition) is 0. The van der Waals surface area contributed by atoms with Gasteiger partial charge in [0.05, 0.1) is 6.54 Å². The van der Waals surface area contributed by atoms with E-state index in [1.54, 1.807) is 12.1 Å². The molecule has 1 aromatic rings. The van der Waals surface area contributed by atoms with E-state index in [1.165, 1.54) is 43.7 Å². The lowest BCUT2D eigenvalue weighted by atomic mass is 9.84. The van der Waals surface area contributed by atoms with E-state index in [4.69, 9.17) is 0 Å². The maximum Gasteiger partial charge on any atom is 0.334 e. The Balaban J connectivity index is 1.68. The van der Waals surface area contributed by atoms with Gasteiger partial charge in [-0.3, -0.25) is 19.3 Å². The van der Waals surface area contributed by atoms with Crippen molar-refractivity contribution in [2.45, 2.75) is 38.0 Å². The average Bonchev–Trinajstić information content (AvgIpc) is 2.87. The topological polar surface area (TPSA) is 74.8 Å². The molecule has 0 unspecified atom stereocenters. The molecule has 136 valence electrons. The first-order valence-electron chi connectivity index (χ1n) is 8.94. The van der Waals surface area contributed by atoms with Crippen molar-refractivity contribution >= 4 is 23.6 Å². The largest absolute Gasteiger partial charge is 0.334 e. The number of hydrogen-bond acceptors (Lipinski definition) is 4. The van der Waals surface area contributed by atoms with Crippen molar-refractivity contribution in [2.75, 3.05) is 13.1 Å². The third-order valence-electron chi connectivity index (χ3n) is 5.06. The van der Waals surface area contributed by atoms with Crippen LogP contribution in [-0.4, -0.2) is 46.5 Å². The fourth-order valence-corrected chi connectivity index (χ4v) is 3.59. The summed E-state index contributed by atoms with van der Waals surface area (Å²) in [6, 6.07) is 6.60. The maximum atomic E-state index is 12.5. The van der Waals surface area contributed by atoms with Crippen molar-refractivity contribution in [1.82, 2.24) is 9.80 Å². The van der Waals surface area contributed by atoms with Crippen LogP contribution in [0.15, 0.2) is 36.9 Å². The molecule has 26 heavy (non-hydrogen) atoms. The van der Waals surface area contributed by atoms with Crippen molar-refractivity contribution in [1.29, 1.82) is 0 Å². The summed E-state index contributed by atoms with van der Waals surface area (Å²) in [5.74, 6) is -1.71. The van der Waals surface area contributed by atoms with Gasteiger partial charge in [0.1, 0.15) is 0 Å². The van der Waals surface area contributed by atoms with Crippen molar-refractivity contribution in [3.8, 4) is 0 Å². The highest BCUT2D eigenvalue weighted by Crippen LogP contribution is 2.32. The van der Waals surface area contributed by atoms with E-state index in [2.05, 4.69) is 6.58 Å². The lowest BCUT2D eigenvalue weighted by Gasteiger charge is -2.22. The van der Waals surface area contributed by atoms with Gasteiger partial charge in [0.15, 0.2) is 5.78 Å². The second-order valence-electron chi connectivity index (χ2n) is 6.76. The van der Waals surface area contributed by atoms with Crippen molar-refractivity contribution < 1.29 is 19.2 Å². The lowest BCUT2D eigenvalue weighted by Crippen LogP contribution is -2.37. The predicted molar refractivity (Wildman–Crippen MR) is 95.6 cm³/mol. The van der Waals surface area contributed by atoms with Crippen LogP contribution in [0.2, 0.25) is 0 Å². The highest BCUT2D eigenvalue weighted by atomic mass is 16.2. The molecule has 1 aromatic carbocycles. The molecule has 4 amide bonds. The smallest absolute Gasteiger partial charge is 0.292 e. The van der Waals surface area contributed by atoms with Gasteiger partial charge >= 0.3 is 17.8 Å². The van der Waals surface area contributed by atoms with Gasteiger partial charge in [-0.25, -0.2) is 9.69 Å². The molecule has 1 heterocycles. The van der Waals surface area contributed by atoms with Gasteiger partial charge in [0.2, 0.25) is 0 Å². The summed E-state index contributed by atoms with van der Waals surface area (Å²) >= 11 is 0. The van der Waals surface area contributed by atoms with E-state index >= 15 is 0 Å². The molecule has 2 fully saturated rings. The van der Waals surface area contributed by atoms with E-state index in [9.17, 15) is 19.2 Å². The van der Waals surface area contributed by atoms with Crippen LogP contribution in [-0.2, 0) is 9.59 Å². The third-order valence-corrected chi connectivity index (χ3v) is 5.06. The predicted octanol–water partition coefficient (Wildman–Crippen LogP) is 2.89. The second kappa shape index (κ2) is 7.64. The van der Waals surface area contributed by atoms with Crippen molar-refractivity contribution in [2.24, 2.45) is 0 Å². The first kappa shape index (κ1) is 18.0. The molecule has 0 radical (unpaired) electrons. The molecule has 1 aliphatic carbocycles. The highest BCUT2D eigenvalue weighted by Gasteiger charge is 2.44. The number of benzene rings is 1. The summed E-state index contributed by atoms with van der Waals surface area (Å²) in [6.07, 6.45) is 7.46. The van der Waals surface area contributed by atoms with Crippen LogP contribution in [0.5, 0.6) is 0 Å². The summed E-state index contributed by atoms with van der Waals surface area (Å²) in [6.45, 7) is 2.97. The molecule has 0 bridgehead atoms. The number of rotatable bonds is 6. The Hall–Kier alpha value is -2.76. The molecule has 0 aromatic heterocycles. The molecular weight excluding hydrogens is 332 g/mol. The Kier molecular flexibility index (Phi) is 5.30. The minimum Gasteiger partial charge on any atom is -0.292 e. The first-order chi connectivity index (χ1) is 12.5. The van der Waals surface area contributed by atoms with Gasteiger partial charge in [-0.15, -0.1) is 6.58 Å². The van der Waals surface area contributed by atoms with E-state index in [0.717, 1.165) is 4.90 Å². The highest BCUT2D eigenvalue weighted by molar-refractivity contribution is 6.45. The minimum atomic E-state index is -0.968. The molecule has 1 saturated carbocycles. The standard InChI is InChI=1S/C20H22N2O4/c1-2-12-21-18(24)19(25)22(20(21)26)13-17(23)16-10-8-15(9-11-16)14-6-4-3-5-7-14/h2,8-11,14H,1,3-7,12-13H2. The number of ketones is 1. The summed E-state index contributed by atoms with van der Waals surface area (Å²) < 4.78 is 0. The summed E-state index contributed by atoms with van der Waals surface area (Å²) in [4.78, 5) is 49.9. The molecule has 6 heteroatoms. The molecule has 0 atom stereocenters. The normalized spacial score (nSPS) is 18.5. The van der Waals surface area contributed by atoms with Crippen LogP contribution in [0.4, 0.5) is 4.79 Å². The van der Waals surface area contributed by atoms with Crippen molar-refractivity contribution in [3.05, 3.63) is 48.0 Å². The Morgan fingerprint density at radius 3 is 2.23 bits per heavy atom. The van der Waals surface area contributed by atoms with E-state index in [0.29, 0.717) is 16.4 Å². The molecule has 0 spiro atoms. The summed E-state index contributed by atoms with van der Waals surface area (Å²) in [7, 11) is 0. The Labute approximate surface area is 152 Å². The number of amides is 4. The number of nitrogens with zero attached hydrogens (tertiary/aromatic N) is 2. The van der Waals surface area contributed by atoms with E-state index in [-0.39, 0.29) is 12.3 Å². The van der Waals surface area contributed by atoms with E-state index < -0.39 is 24.4 Å². The van der Waals surface area contributed by atoms with Crippen LogP contribution in [0, 0.1) is 0 Å². The minimum absolute atomic E-state index is 0.0514. The van der Waals surface area contributed by atoms with Gasteiger partial charge in [0, 0.05) is 12.1 Å². The number of imide groups is 2. The molecule has 1 saturated heterocycles. The second-order valence-corrected chi connectivity index (χ2v) is 6.76. The summed E-state index contributed by atoms with van der Waals surface area (Å²) in [5.41, 5.74) is 1.65. The van der Waals surface area contributed by atoms with Crippen LogP contribution in [0.1, 0.15) is 53.9 Å². The zero-order valence-electron chi connectivity index (χ0n) is 14.6. The fourth-order valence-electron chi connectivity index (χ4n) is 3.59. The van der Waals surface area contributed by atoms with E-state index in [1.807, 2.05) is 12.1 Å². The maximum absolute atomic E-state index is 12.5. The Morgan fingerprint density at radius 1 is 1.00 bits per heavy atom. The first-order valence-corrected chi connectivity index (χ1v) is 8.94. The molecule has 3 rings (SSSR count). The van der Waals surface area contributed by atoms with Gasteiger partial charge in [0.25, 0.3) is 0 Å². The zero-order valence-corrected chi connectivity index (χ0v) is 14.6. The van der Waals surface area contributed by atoms with Crippen LogP contribution >= 0.6 is 0 Å². The molecular formula is C20H22N2O4. The van der Waals surface area contributed by atoms with Gasteiger partial charge in [-0.05, 0) is 24.3 Å². The van der Waals surface area contributed by atoms with Crippen LogP contribution < -0.4 is 0 Å². The average molecular weight is 354 g/mol. The number of carbonyl (C=O) groups excluding carboxylic acids is 4. The fraction of sp³-hybridized carbons (Fsp3) is 0.400. The molecule has 2 aliphatic rings. The van der Waals surface area contributed by atoms with Crippen LogP contribution in [0.3, 0.4) is 0 Å². The SMILES string of the molecule is C=CCN1C(=O)C(=O)N(CC(=O)c2ccc(C3CCCCC3)cc2)C1=O. The zero-order chi connectivity index (χ0) is 18.7. The molecule has 1 aliphatic heterocycles. The van der Waals surface area contributed by atoms with Gasteiger partial charge in [-0.1, -0.05) is 49.6 Å². The molecule has 6 nitrogen and oxygen atoms in total. The number of carbonyl (C=O) groups is 4. The summed E-state index contributed by atoms with van der Waals surface area (Å²) in [5, 5.41) is 0. The quantitative estimate of drug-likeness (QED) is 0.341. The van der Waals surface area contributed by atoms with Gasteiger partial charge in [-0.2, -0.15) is 0 Å².